The summed E-state index contributed by atoms with van der Waals surface area (Å²) in [5.41, 5.74) is 1.53. The molecule has 2 aromatic rings. The molecule has 3 rings (SSSR count). The third-order valence-electron chi connectivity index (χ3n) is 3.14. The molecule has 0 atom stereocenters. The summed E-state index contributed by atoms with van der Waals surface area (Å²) in [6.07, 6.45) is 5.52. The number of hydrogen-bond acceptors (Lipinski definition) is 5. The summed E-state index contributed by atoms with van der Waals surface area (Å²) in [5.74, 6) is 1.24. The zero-order valence-corrected chi connectivity index (χ0v) is 11.8. The molecular weight excluding hydrogens is 258 g/mol. The second-order valence-corrected chi connectivity index (χ2v) is 5.74. The fraction of sp³-hybridized carbons (Fsp3) is 0.429. The van der Waals surface area contributed by atoms with Crippen molar-refractivity contribution >= 4 is 17.3 Å². The number of ether oxygens (including phenoxy) is 1. The number of aryl methyl sites for hydroxylation is 2. The molecule has 0 fully saturated rings. The molecule has 100 valence electrons. The van der Waals surface area contributed by atoms with Gasteiger partial charge in [0.05, 0.1) is 13.2 Å². The van der Waals surface area contributed by atoms with Gasteiger partial charge in [-0.1, -0.05) is 0 Å². The molecule has 1 N–H and O–H groups in total. The van der Waals surface area contributed by atoms with Crippen LogP contribution in [0.5, 0.6) is 5.88 Å². The van der Waals surface area contributed by atoms with Crippen molar-refractivity contribution in [3.8, 4) is 5.88 Å². The van der Waals surface area contributed by atoms with Crippen LogP contribution in [-0.2, 0) is 19.4 Å². The summed E-state index contributed by atoms with van der Waals surface area (Å²) in [6.45, 7) is 3.35. The number of fused-ring (bicyclic) bond motifs is 1. The van der Waals surface area contributed by atoms with E-state index in [0.29, 0.717) is 18.4 Å². The number of hydrogen-bond donors (Lipinski definition) is 1. The zero-order valence-electron chi connectivity index (χ0n) is 11.0. The number of nitrogens with zero attached hydrogens (tertiary/aromatic N) is 2. The van der Waals surface area contributed by atoms with Gasteiger partial charge in [0.2, 0.25) is 11.8 Å². The first-order chi connectivity index (χ1) is 9.35. The lowest BCUT2D eigenvalue weighted by atomic mass is 10.2. The van der Waals surface area contributed by atoms with Crippen molar-refractivity contribution in [1.29, 1.82) is 0 Å². The zero-order chi connectivity index (χ0) is 13.1. The first-order valence-corrected chi connectivity index (χ1v) is 7.47. The Kier molecular flexibility index (Phi) is 3.64. The maximum atomic E-state index is 5.36. The molecule has 0 spiro atoms. The second kappa shape index (κ2) is 5.57. The predicted octanol–water partition coefficient (Wildman–Crippen LogP) is 3.04. The fourth-order valence-corrected chi connectivity index (χ4v) is 3.50. The smallest absolute Gasteiger partial charge is 0.226 e. The van der Waals surface area contributed by atoms with Gasteiger partial charge >= 0.3 is 0 Å². The highest BCUT2D eigenvalue weighted by Gasteiger charge is 2.14. The molecule has 0 amide bonds. The highest BCUT2D eigenvalue weighted by Crippen LogP contribution is 2.30. The maximum Gasteiger partial charge on any atom is 0.226 e. The molecule has 0 saturated carbocycles. The summed E-state index contributed by atoms with van der Waals surface area (Å²) in [4.78, 5) is 11.4. The molecule has 0 aliphatic heterocycles. The third-order valence-corrected chi connectivity index (χ3v) is 4.38. The van der Waals surface area contributed by atoms with Crippen molar-refractivity contribution in [3.63, 3.8) is 0 Å². The van der Waals surface area contributed by atoms with E-state index in [1.807, 2.05) is 18.3 Å². The van der Waals surface area contributed by atoms with Crippen LogP contribution in [0.4, 0.5) is 5.95 Å². The van der Waals surface area contributed by atoms with Crippen molar-refractivity contribution < 1.29 is 4.74 Å². The first-order valence-electron chi connectivity index (χ1n) is 6.65. The molecule has 0 bridgehead atoms. The molecule has 0 unspecified atom stereocenters. The topological polar surface area (TPSA) is 47.0 Å². The number of thiophene rings is 1. The molecule has 1 aliphatic carbocycles. The van der Waals surface area contributed by atoms with Crippen LogP contribution < -0.4 is 10.1 Å². The minimum atomic E-state index is 0.619. The summed E-state index contributed by atoms with van der Waals surface area (Å²) in [7, 11) is 0. The van der Waals surface area contributed by atoms with E-state index in [0.717, 1.165) is 6.54 Å². The van der Waals surface area contributed by atoms with Crippen molar-refractivity contribution in [3.05, 3.63) is 33.6 Å². The van der Waals surface area contributed by atoms with Crippen LogP contribution >= 0.6 is 11.3 Å². The van der Waals surface area contributed by atoms with Gasteiger partial charge < -0.3 is 10.1 Å². The minimum absolute atomic E-state index is 0.619. The highest BCUT2D eigenvalue weighted by molar-refractivity contribution is 7.12. The molecule has 4 nitrogen and oxygen atoms in total. The van der Waals surface area contributed by atoms with Gasteiger partial charge in [-0.3, -0.25) is 0 Å². The van der Waals surface area contributed by atoms with Crippen molar-refractivity contribution in [1.82, 2.24) is 9.97 Å². The number of aromatic nitrogens is 2. The van der Waals surface area contributed by atoms with Gasteiger partial charge in [-0.2, -0.15) is 4.98 Å². The van der Waals surface area contributed by atoms with Crippen LogP contribution in [0.1, 0.15) is 28.7 Å². The van der Waals surface area contributed by atoms with Crippen LogP contribution in [0.3, 0.4) is 0 Å². The Labute approximate surface area is 116 Å². The Bertz CT molecular complexity index is 546. The number of rotatable bonds is 5. The van der Waals surface area contributed by atoms with Gasteiger partial charge in [-0.25, -0.2) is 4.98 Å². The van der Waals surface area contributed by atoms with Gasteiger partial charge in [-0.15, -0.1) is 11.3 Å². The molecule has 0 aromatic carbocycles. The average molecular weight is 275 g/mol. The van der Waals surface area contributed by atoms with Gasteiger partial charge in [0.15, 0.2) is 0 Å². The summed E-state index contributed by atoms with van der Waals surface area (Å²) < 4.78 is 5.36. The van der Waals surface area contributed by atoms with E-state index >= 15 is 0 Å². The average Bonchev–Trinajstić information content (AvgIpc) is 2.98. The molecule has 0 radical (unpaired) electrons. The quantitative estimate of drug-likeness (QED) is 0.911. The van der Waals surface area contributed by atoms with E-state index in [1.165, 1.54) is 29.7 Å². The lowest BCUT2D eigenvalue weighted by molar-refractivity contribution is 0.326. The fourth-order valence-electron chi connectivity index (χ4n) is 2.30. The molecule has 2 aromatic heterocycles. The van der Waals surface area contributed by atoms with Gasteiger partial charge in [0, 0.05) is 22.0 Å². The van der Waals surface area contributed by atoms with Crippen LogP contribution in [-0.4, -0.2) is 16.6 Å². The van der Waals surface area contributed by atoms with Crippen molar-refractivity contribution in [2.24, 2.45) is 0 Å². The molecule has 19 heavy (non-hydrogen) atoms. The van der Waals surface area contributed by atoms with Crippen LogP contribution in [0.15, 0.2) is 18.3 Å². The third kappa shape index (κ3) is 2.87. The highest BCUT2D eigenvalue weighted by atomic mass is 32.1. The van der Waals surface area contributed by atoms with E-state index in [4.69, 9.17) is 4.74 Å². The van der Waals surface area contributed by atoms with E-state index < -0.39 is 0 Å². The number of nitrogens with one attached hydrogen (secondary N) is 1. The largest absolute Gasteiger partial charge is 0.478 e. The van der Waals surface area contributed by atoms with Gasteiger partial charge in [0.25, 0.3) is 0 Å². The lowest BCUT2D eigenvalue weighted by Gasteiger charge is -2.05. The SMILES string of the molecule is CCOc1ccnc(NCc2cc3c(s2)CCC3)n1. The lowest BCUT2D eigenvalue weighted by Crippen LogP contribution is -2.04. The molecule has 0 saturated heterocycles. The van der Waals surface area contributed by atoms with Gasteiger partial charge in [-0.05, 0) is 37.8 Å². The van der Waals surface area contributed by atoms with Crippen LogP contribution in [0.2, 0.25) is 0 Å². The first kappa shape index (κ1) is 12.4. The summed E-state index contributed by atoms with van der Waals surface area (Å²) in [5, 5.41) is 3.26. The standard InChI is InChI=1S/C14H17N3OS/c1-2-18-13-6-7-15-14(17-13)16-9-11-8-10-4-3-5-12(10)19-11/h6-8H,2-5,9H2,1H3,(H,15,16,17). The van der Waals surface area contributed by atoms with E-state index in [-0.39, 0.29) is 0 Å². The molecule has 1 aliphatic rings. The minimum Gasteiger partial charge on any atom is -0.478 e. The van der Waals surface area contributed by atoms with E-state index in [2.05, 4.69) is 21.4 Å². The van der Waals surface area contributed by atoms with E-state index in [1.54, 1.807) is 17.1 Å². The summed E-state index contributed by atoms with van der Waals surface area (Å²) in [6, 6.07) is 4.08. The monoisotopic (exact) mass is 275 g/mol. The van der Waals surface area contributed by atoms with Crippen molar-refractivity contribution in [2.45, 2.75) is 32.7 Å². The Morgan fingerprint density at radius 3 is 3.21 bits per heavy atom. The van der Waals surface area contributed by atoms with Gasteiger partial charge in [0.1, 0.15) is 0 Å². The van der Waals surface area contributed by atoms with Crippen LogP contribution in [0.25, 0.3) is 0 Å². The van der Waals surface area contributed by atoms with E-state index in [9.17, 15) is 0 Å². The molecule has 2 heterocycles. The summed E-state index contributed by atoms with van der Waals surface area (Å²) >= 11 is 1.91. The Morgan fingerprint density at radius 2 is 2.37 bits per heavy atom. The maximum absolute atomic E-state index is 5.36. The Hall–Kier alpha value is -1.62. The molecule has 5 heteroatoms. The normalized spacial score (nSPS) is 13.3. The Morgan fingerprint density at radius 1 is 1.42 bits per heavy atom. The van der Waals surface area contributed by atoms with Crippen LogP contribution in [0, 0.1) is 0 Å². The molecular formula is C14H17N3OS. The predicted molar refractivity (Wildman–Crippen MR) is 76.9 cm³/mol. The van der Waals surface area contributed by atoms with Crippen molar-refractivity contribution in [2.75, 3.05) is 11.9 Å². The second-order valence-electron chi connectivity index (χ2n) is 4.52. The Balaban J connectivity index is 1.63. The number of anilines is 1.